The summed E-state index contributed by atoms with van der Waals surface area (Å²) in [6.07, 6.45) is 10.4. The molecule has 0 amide bonds. The number of anilines is 15. The van der Waals surface area contributed by atoms with E-state index in [0.29, 0.717) is 6.61 Å². The predicted octanol–water partition coefficient (Wildman–Crippen LogP) is 14.5. The first-order valence-electron chi connectivity index (χ1n) is 35.2. The predicted molar refractivity (Wildman–Crippen MR) is 418 cm³/mol. The Labute approximate surface area is 600 Å². The van der Waals surface area contributed by atoms with Crippen LogP contribution in [0.1, 0.15) is 60.3 Å². The molecule has 21 nitrogen and oxygen atoms in total. The van der Waals surface area contributed by atoms with E-state index in [0.717, 1.165) is 188 Å². The maximum Gasteiger partial charge on any atom is 0.229 e. The fourth-order valence-electron chi connectivity index (χ4n) is 12.6. The Morgan fingerprint density at radius 1 is 0.416 bits per heavy atom. The van der Waals surface area contributed by atoms with Crippen LogP contribution in [0.2, 0.25) is 5.02 Å². The van der Waals surface area contributed by atoms with Crippen molar-refractivity contribution >= 4 is 98.7 Å². The molecule has 5 aromatic carbocycles. The zero-order valence-corrected chi connectivity index (χ0v) is 60.3. The monoisotopic (exact) mass is 1370 g/mol. The number of pyridine rings is 2. The van der Waals surface area contributed by atoms with Crippen molar-refractivity contribution in [3.8, 4) is 5.75 Å². The Bertz CT molecular complexity index is 4220. The van der Waals surface area contributed by atoms with Crippen molar-refractivity contribution < 1.29 is 4.74 Å². The fourth-order valence-corrected chi connectivity index (χ4v) is 12.8. The highest BCUT2D eigenvalue weighted by Gasteiger charge is 2.26. The van der Waals surface area contributed by atoms with Gasteiger partial charge in [0.1, 0.15) is 58.9 Å². The van der Waals surface area contributed by atoms with Gasteiger partial charge in [0.25, 0.3) is 0 Å². The number of piperazine rings is 3. The summed E-state index contributed by atoms with van der Waals surface area (Å²) in [5.41, 5.74) is 9.06. The van der Waals surface area contributed by atoms with Gasteiger partial charge in [-0.05, 0) is 122 Å². The van der Waals surface area contributed by atoms with Crippen molar-refractivity contribution in [1.29, 1.82) is 0 Å². The number of aryl methyl sites for hydroxylation is 2. The Balaban J connectivity index is 0.000000144. The summed E-state index contributed by atoms with van der Waals surface area (Å²) in [6, 6.07) is 59.8. The fraction of sp³-hybridized carbons (Fsp3) is 0.342. The minimum Gasteiger partial charge on any atom is -0.489 e. The van der Waals surface area contributed by atoms with Gasteiger partial charge in [-0.1, -0.05) is 115 Å². The van der Waals surface area contributed by atoms with Crippen LogP contribution < -0.4 is 64.8 Å². The third-order valence-electron chi connectivity index (χ3n) is 18.6. The van der Waals surface area contributed by atoms with E-state index in [1.165, 1.54) is 48.9 Å². The maximum atomic E-state index is 6.28. The average molecular weight is 1380 g/mol. The van der Waals surface area contributed by atoms with Gasteiger partial charge in [-0.3, -0.25) is 0 Å². The molecule has 4 aliphatic rings. The molecule has 0 radical (unpaired) electrons. The molecule has 101 heavy (non-hydrogen) atoms. The summed E-state index contributed by atoms with van der Waals surface area (Å²) in [6.45, 7) is 15.1. The molecule has 3 saturated heterocycles. The van der Waals surface area contributed by atoms with E-state index in [2.05, 4.69) is 147 Å². The van der Waals surface area contributed by atoms with Crippen LogP contribution in [0.4, 0.5) is 87.1 Å². The summed E-state index contributed by atoms with van der Waals surface area (Å²) in [7, 11) is 12.0. The van der Waals surface area contributed by atoms with Gasteiger partial charge >= 0.3 is 0 Å². The lowest BCUT2D eigenvalue weighted by Gasteiger charge is -2.36. The highest BCUT2D eigenvalue weighted by atomic mass is 35.5. The molecule has 0 bridgehead atoms. The molecule has 4 fully saturated rings. The van der Waals surface area contributed by atoms with Crippen LogP contribution in [-0.4, -0.2) is 161 Å². The molecule has 10 aromatic rings. The molecule has 1 saturated carbocycles. The lowest BCUT2D eigenvalue weighted by molar-refractivity contribution is 0.306. The Morgan fingerprint density at radius 2 is 0.851 bits per heavy atom. The first-order chi connectivity index (χ1) is 49.2. The summed E-state index contributed by atoms with van der Waals surface area (Å²) in [5.74, 6) is 10.9. The van der Waals surface area contributed by atoms with E-state index in [1.54, 1.807) is 0 Å². The van der Waals surface area contributed by atoms with E-state index in [9.17, 15) is 0 Å². The summed E-state index contributed by atoms with van der Waals surface area (Å²) < 4.78 is 6.05. The van der Waals surface area contributed by atoms with Gasteiger partial charge in [-0.25, -0.2) is 9.97 Å². The number of rotatable bonds is 19. The SMILES string of the molecule is CN(C)c1cc(Nc2ccc(C3CCCCC3)cc2)nc(N2CCN(c3ccccn3)CC2)n1.Cc1ccc(Nc2cc(N(C)C)nc(N3CCN(c4cccc(OCc5ccccc5)c4)CC3)n2)cc1.Cc1ccc(Nc2cc(N(C)C)nc(N3CCN(c4ccccn4)CC3)n2)cc1Cl. The summed E-state index contributed by atoms with van der Waals surface area (Å²) in [5, 5.41) is 11.1. The summed E-state index contributed by atoms with van der Waals surface area (Å²) >= 11 is 6.28. The molecule has 1 aliphatic carbocycles. The first-order valence-corrected chi connectivity index (χ1v) is 35.6. The number of ether oxygens (including phenoxy) is 1. The number of benzene rings is 5. The van der Waals surface area contributed by atoms with Crippen LogP contribution >= 0.6 is 11.6 Å². The van der Waals surface area contributed by atoms with E-state index >= 15 is 0 Å². The molecule has 524 valence electrons. The van der Waals surface area contributed by atoms with Crippen LogP contribution in [0.5, 0.6) is 5.75 Å². The average Bonchev–Trinajstić information content (AvgIpc) is 0.831. The number of hydrogen-bond donors (Lipinski definition) is 3. The van der Waals surface area contributed by atoms with Gasteiger partial charge in [0.2, 0.25) is 17.8 Å². The lowest BCUT2D eigenvalue weighted by atomic mass is 9.84. The van der Waals surface area contributed by atoms with Crippen molar-refractivity contribution in [2.24, 2.45) is 0 Å². The highest BCUT2D eigenvalue weighted by molar-refractivity contribution is 6.31. The second-order valence-corrected chi connectivity index (χ2v) is 27.1. The number of nitrogens with zero attached hydrogens (tertiary/aromatic N) is 17. The zero-order valence-electron chi connectivity index (χ0n) is 59.6. The molecule has 5 aromatic heterocycles. The molecule has 3 N–H and O–H groups in total. The van der Waals surface area contributed by atoms with Crippen molar-refractivity contribution in [2.45, 2.75) is 58.5 Å². The number of halogens is 1. The second-order valence-electron chi connectivity index (χ2n) is 26.6. The molecule has 14 rings (SSSR count). The lowest BCUT2D eigenvalue weighted by Crippen LogP contribution is -2.47. The third kappa shape index (κ3) is 19.4. The zero-order chi connectivity index (χ0) is 70.0. The quantitative estimate of drug-likeness (QED) is 0.0696. The smallest absolute Gasteiger partial charge is 0.229 e. The molecule has 0 unspecified atom stereocenters. The topological polar surface area (TPSA) is 178 Å². The second kappa shape index (κ2) is 33.9. The van der Waals surface area contributed by atoms with Crippen LogP contribution in [0, 0.1) is 13.8 Å². The molecule has 8 heterocycles. The number of aromatic nitrogens is 8. The third-order valence-corrected chi connectivity index (χ3v) is 19.0. The molecule has 22 heteroatoms. The van der Waals surface area contributed by atoms with Gasteiger partial charge < -0.3 is 64.8 Å². The molecule has 0 atom stereocenters. The van der Waals surface area contributed by atoms with Crippen LogP contribution in [0.15, 0.2) is 188 Å². The van der Waals surface area contributed by atoms with E-state index in [1.807, 2.05) is 167 Å². The van der Waals surface area contributed by atoms with Gasteiger partial charge in [0, 0.05) is 185 Å². The van der Waals surface area contributed by atoms with Crippen molar-refractivity contribution in [2.75, 3.05) is 181 Å². The molecular weight excluding hydrogens is 1280 g/mol. The van der Waals surface area contributed by atoms with Crippen molar-refractivity contribution in [1.82, 2.24) is 39.9 Å². The summed E-state index contributed by atoms with van der Waals surface area (Å²) in [4.78, 5) is 57.7. The van der Waals surface area contributed by atoms with Gasteiger partial charge in [-0.15, -0.1) is 0 Å². The molecular formula is C79H95ClN20O. The Morgan fingerprint density at radius 3 is 1.31 bits per heavy atom. The van der Waals surface area contributed by atoms with E-state index in [4.69, 9.17) is 46.2 Å². The Kier molecular flexibility index (Phi) is 23.6. The standard InChI is InChI=1S/C30H34N6O.C27H35N7.C22H26ClN7/c1-23-12-14-25(15-13-23)31-28-21-29(34(2)3)33-30(32-28)36-18-16-35(17-19-36)26-10-7-11-27(20-26)37-22-24-8-5-4-6-9-24;1-32(2)26-20-24(29-23-13-11-22(12-14-23)21-8-4-3-5-9-21)30-27(31-26)34-18-16-33(17-19-34)25-10-6-7-15-28-25;1-16-7-8-17(14-18(16)23)25-19-15-21(28(2)3)27-22(26-19)30-12-10-29(11-13-30)20-6-4-5-9-24-20/h4-15,20-21H,16-19,22H2,1-3H3,(H,31,32,33);6-7,10-15,20-21H,3-5,8-9,16-19H2,1-2H3,(H,29,30,31);4-9,14-15H,10-13H2,1-3H3,(H,25,26,27). The normalized spacial score (nSPS) is 14.8. The van der Waals surface area contributed by atoms with E-state index in [-0.39, 0.29) is 0 Å². The minimum atomic E-state index is 0.566. The molecule has 3 aliphatic heterocycles. The number of hydrogen-bond acceptors (Lipinski definition) is 21. The highest BCUT2D eigenvalue weighted by Crippen LogP contribution is 2.35. The molecule has 0 spiro atoms. The van der Waals surface area contributed by atoms with Crippen LogP contribution in [-0.2, 0) is 6.61 Å². The largest absolute Gasteiger partial charge is 0.489 e. The van der Waals surface area contributed by atoms with Gasteiger partial charge in [-0.2, -0.15) is 29.9 Å². The first kappa shape index (κ1) is 70.2. The number of nitrogens with one attached hydrogen (secondary N) is 3. The van der Waals surface area contributed by atoms with Crippen LogP contribution in [0.25, 0.3) is 0 Å². The van der Waals surface area contributed by atoms with Gasteiger partial charge in [0.05, 0.1) is 0 Å². The van der Waals surface area contributed by atoms with Crippen LogP contribution in [0.3, 0.4) is 0 Å². The van der Waals surface area contributed by atoms with E-state index < -0.39 is 0 Å². The Hall–Kier alpha value is -10.7. The van der Waals surface area contributed by atoms with Crippen molar-refractivity contribution in [3.05, 3.63) is 216 Å². The van der Waals surface area contributed by atoms with Crippen molar-refractivity contribution in [3.63, 3.8) is 0 Å². The van der Waals surface area contributed by atoms with Gasteiger partial charge in [0.15, 0.2) is 0 Å². The minimum absolute atomic E-state index is 0.566. The maximum absolute atomic E-state index is 6.28.